The van der Waals surface area contributed by atoms with Crippen LogP contribution in [0.3, 0.4) is 0 Å². The fourth-order valence-electron chi connectivity index (χ4n) is 1.11. The highest BCUT2D eigenvalue weighted by molar-refractivity contribution is 5.43. The number of aliphatic hydroxyl groups excluding tert-OH is 2. The molecule has 86 valence electrons. The van der Waals surface area contributed by atoms with E-state index in [1.165, 1.54) is 0 Å². The molecule has 0 saturated carbocycles. The Kier molecular flexibility index (Phi) is 4.01. The molecule has 0 saturated heterocycles. The zero-order valence-electron chi connectivity index (χ0n) is 8.16. The summed E-state index contributed by atoms with van der Waals surface area (Å²) in [6, 6.07) is 0.978. The van der Waals surface area contributed by atoms with E-state index in [9.17, 15) is 14.6 Å². The summed E-state index contributed by atoms with van der Waals surface area (Å²) >= 11 is 0. The van der Waals surface area contributed by atoms with E-state index in [4.69, 9.17) is 11.3 Å². The summed E-state index contributed by atoms with van der Waals surface area (Å²) in [4.78, 5) is 5.99. The van der Waals surface area contributed by atoms with Gasteiger partial charge in [-0.3, -0.25) is 4.98 Å². The monoisotopic (exact) mass is 227 g/mol. The number of aliphatic hydroxyl groups is 2. The normalized spacial score (nSPS) is 13.9. The van der Waals surface area contributed by atoms with Gasteiger partial charge in [-0.05, 0) is 5.53 Å². The lowest BCUT2D eigenvalue weighted by atomic mass is 10.1. The molecule has 2 unspecified atom stereocenters. The van der Waals surface area contributed by atoms with Crippen molar-refractivity contribution in [2.45, 2.75) is 12.2 Å². The maximum atomic E-state index is 12.7. The van der Waals surface area contributed by atoms with Crippen LogP contribution in [0.4, 0.5) is 10.1 Å². The molecule has 0 radical (unpaired) electrons. The fraction of sp³-hybridized carbons (Fsp3) is 0.375. The number of hydrogen-bond donors (Lipinski definition) is 3. The predicted molar refractivity (Wildman–Crippen MR) is 53.6 cm³/mol. The predicted octanol–water partition coefficient (Wildman–Crippen LogP) is 0.508. The number of nitrogen functional groups attached to an aromatic ring is 1. The first-order valence-electron chi connectivity index (χ1n) is 4.34. The third-order valence-corrected chi connectivity index (χ3v) is 1.89. The van der Waals surface area contributed by atoms with Crippen molar-refractivity contribution in [1.82, 2.24) is 4.98 Å². The minimum absolute atomic E-state index is 0.0537. The molecule has 0 aliphatic heterocycles. The molecule has 0 aliphatic rings. The van der Waals surface area contributed by atoms with E-state index in [1.54, 1.807) is 0 Å². The van der Waals surface area contributed by atoms with Crippen LogP contribution in [-0.4, -0.2) is 27.8 Å². The minimum atomic E-state index is -1.42. The largest absolute Gasteiger partial charge is 0.397 e. The maximum absolute atomic E-state index is 12.7. The van der Waals surface area contributed by atoms with E-state index < -0.39 is 18.0 Å². The van der Waals surface area contributed by atoms with Crippen molar-refractivity contribution in [2.24, 2.45) is 5.11 Å². The van der Waals surface area contributed by atoms with Crippen LogP contribution in [0, 0.1) is 5.82 Å². The van der Waals surface area contributed by atoms with E-state index in [0.717, 1.165) is 12.3 Å². The quantitative estimate of drug-likeness (QED) is 0.393. The van der Waals surface area contributed by atoms with Gasteiger partial charge in [-0.25, -0.2) is 4.39 Å². The molecule has 0 aromatic carbocycles. The highest BCUT2D eigenvalue weighted by atomic mass is 19.1. The lowest BCUT2D eigenvalue weighted by molar-refractivity contribution is 0.0222. The van der Waals surface area contributed by atoms with E-state index in [1.807, 2.05) is 0 Å². The third-order valence-electron chi connectivity index (χ3n) is 1.89. The van der Waals surface area contributed by atoms with Crippen LogP contribution in [0.1, 0.15) is 11.8 Å². The third kappa shape index (κ3) is 2.80. The van der Waals surface area contributed by atoms with Crippen LogP contribution >= 0.6 is 0 Å². The average molecular weight is 227 g/mol. The Morgan fingerprint density at radius 2 is 2.31 bits per heavy atom. The molecule has 16 heavy (non-hydrogen) atoms. The number of nitrogens with zero attached hydrogens (tertiary/aromatic N) is 4. The van der Waals surface area contributed by atoms with E-state index in [0.29, 0.717) is 0 Å². The van der Waals surface area contributed by atoms with Gasteiger partial charge in [0.2, 0.25) is 0 Å². The second-order valence-corrected chi connectivity index (χ2v) is 3.05. The van der Waals surface area contributed by atoms with Gasteiger partial charge >= 0.3 is 0 Å². The highest BCUT2D eigenvalue weighted by Crippen LogP contribution is 2.21. The van der Waals surface area contributed by atoms with Crippen LogP contribution in [0.5, 0.6) is 0 Å². The number of rotatable bonds is 4. The second kappa shape index (κ2) is 5.26. The van der Waals surface area contributed by atoms with Crippen molar-refractivity contribution in [3.8, 4) is 0 Å². The molecule has 1 rings (SSSR count). The summed E-state index contributed by atoms with van der Waals surface area (Å²) in [5.41, 5.74) is 13.3. The summed E-state index contributed by atoms with van der Waals surface area (Å²) in [6.07, 6.45) is -1.89. The molecular formula is C8H10FN5O2. The number of aromatic nitrogens is 1. The van der Waals surface area contributed by atoms with E-state index >= 15 is 0 Å². The average Bonchev–Trinajstić information content (AvgIpc) is 2.25. The first-order chi connectivity index (χ1) is 7.56. The Morgan fingerprint density at radius 3 is 2.88 bits per heavy atom. The molecule has 7 nitrogen and oxygen atoms in total. The molecule has 0 aliphatic carbocycles. The number of azide groups is 1. The first kappa shape index (κ1) is 12.2. The minimum Gasteiger partial charge on any atom is -0.397 e. The molecule has 4 N–H and O–H groups in total. The van der Waals surface area contributed by atoms with Gasteiger partial charge in [0, 0.05) is 11.0 Å². The number of pyridine rings is 1. The number of halogens is 1. The van der Waals surface area contributed by atoms with Gasteiger partial charge in [0.15, 0.2) is 0 Å². The lowest BCUT2D eigenvalue weighted by Crippen LogP contribution is -2.23. The van der Waals surface area contributed by atoms with Gasteiger partial charge in [0.1, 0.15) is 11.9 Å². The van der Waals surface area contributed by atoms with Gasteiger partial charge in [-0.15, -0.1) is 0 Å². The number of anilines is 1. The maximum Gasteiger partial charge on any atom is 0.143 e. The lowest BCUT2D eigenvalue weighted by Gasteiger charge is -2.16. The summed E-state index contributed by atoms with van der Waals surface area (Å²) in [5.74, 6) is -0.641. The molecule has 1 aromatic heterocycles. The van der Waals surface area contributed by atoms with Gasteiger partial charge in [-0.2, -0.15) is 0 Å². The molecule has 0 bridgehead atoms. The Bertz CT molecular complexity index is 421. The Hall–Kier alpha value is -1.89. The Morgan fingerprint density at radius 1 is 1.62 bits per heavy atom. The molecule has 0 amide bonds. The molecular weight excluding hydrogens is 217 g/mol. The van der Waals surface area contributed by atoms with Crippen molar-refractivity contribution in [2.75, 3.05) is 12.3 Å². The van der Waals surface area contributed by atoms with Crippen molar-refractivity contribution in [3.63, 3.8) is 0 Å². The second-order valence-electron chi connectivity index (χ2n) is 3.05. The zero-order valence-corrected chi connectivity index (χ0v) is 8.16. The van der Waals surface area contributed by atoms with Crippen LogP contribution < -0.4 is 5.73 Å². The van der Waals surface area contributed by atoms with Crippen molar-refractivity contribution in [3.05, 3.63) is 34.2 Å². The van der Waals surface area contributed by atoms with Gasteiger partial charge in [0.25, 0.3) is 0 Å². The highest BCUT2D eigenvalue weighted by Gasteiger charge is 2.21. The summed E-state index contributed by atoms with van der Waals surface area (Å²) < 4.78 is 12.7. The van der Waals surface area contributed by atoms with Gasteiger partial charge in [0.05, 0.1) is 30.2 Å². The van der Waals surface area contributed by atoms with E-state index in [2.05, 4.69) is 15.0 Å². The summed E-state index contributed by atoms with van der Waals surface area (Å²) in [7, 11) is 0. The van der Waals surface area contributed by atoms with Crippen molar-refractivity contribution >= 4 is 5.69 Å². The van der Waals surface area contributed by atoms with Crippen LogP contribution in [0.2, 0.25) is 0 Å². The van der Waals surface area contributed by atoms with Gasteiger partial charge in [-0.1, -0.05) is 5.11 Å². The smallest absolute Gasteiger partial charge is 0.143 e. The Balaban J connectivity index is 2.86. The molecule has 1 heterocycles. The van der Waals surface area contributed by atoms with E-state index in [-0.39, 0.29) is 17.9 Å². The topological polar surface area (TPSA) is 128 Å². The standard InChI is InChI=1S/C8H10FN5O2/c9-4-1-5(10)7(12-2-4)8(16)6(15)3-13-14-11/h1-2,6,8,15-16H,3,10H2. The molecule has 0 fully saturated rings. The molecule has 2 atom stereocenters. The van der Waals surface area contributed by atoms with Gasteiger partial charge < -0.3 is 15.9 Å². The molecule has 1 aromatic rings. The summed E-state index contributed by atoms with van der Waals surface area (Å²) in [6.45, 7) is -0.323. The first-order valence-corrected chi connectivity index (χ1v) is 4.34. The molecule has 8 heteroatoms. The SMILES string of the molecule is [N-]=[N+]=NCC(O)C(O)c1ncc(F)cc1N. The number of nitrogens with two attached hydrogens (primary N) is 1. The van der Waals surface area contributed by atoms with Crippen molar-refractivity contribution in [1.29, 1.82) is 0 Å². The fourth-order valence-corrected chi connectivity index (χ4v) is 1.11. The Labute approximate surface area is 90.0 Å². The number of hydrogen-bond acceptors (Lipinski definition) is 5. The van der Waals surface area contributed by atoms with Crippen LogP contribution in [-0.2, 0) is 0 Å². The van der Waals surface area contributed by atoms with Crippen LogP contribution in [0.15, 0.2) is 17.4 Å². The van der Waals surface area contributed by atoms with Crippen LogP contribution in [0.25, 0.3) is 10.4 Å². The summed E-state index contributed by atoms with van der Waals surface area (Å²) in [5, 5.41) is 22.1. The van der Waals surface area contributed by atoms with Crippen molar-refractivity contribution < 1.29 is 14.6 Å². The molecule has 0 spiro atoms. The zero-order chi connectivity index (χ0) is 12.1.